The zero-order chi connectivity index (χ0) is 21.8. The minimum absolute atomic E-state index is 0.375. The second-order valence-corrected chi connectivity index (χ2v) is 7.70. The van der Waals surface area contributed by atoms with Gasteiger partial charge >= 0.3 is 0 Å². The summed E-state index contributed by atoms with van der Waals surface area (Å²) in [5.74, 6) is 4.81. The Hall–Kier alpha value is -3.49. The first-order chi connectivity index (χ1) is 15.2. The lowest BCUT2D eigenvalue weighted by molar-refractivity contribution is 0.355. The largest absolute Gasteiger partial charge is 0.493 e. The van der Waals surface area contributed by atoms with Crippen LogP contribution in [0.1, 0.15) is 0 Å². The summed E-state index contributed by atoms with van der Waals surface area (Å²) in [6.45, 7) is 0.375. The lowest BCUT2D eigenvalue weighted by Crippen LogP contribution is -2.02. The van der Waals surface area contributed by atoms with Gasteiger partial charge in [-0.05, 0) is 28.1 Å². The van der Waals surface area contributed by atoms with Crippen molar-refractivity contribution >= 4 is 15.9 Å². The fourth-order valence-electron chi connectivity index (χ4n) is 3.62. The average molecular weight is 473 g/mol. The molecule has 154 valence electrons. The van der Waals surface area contributed by atoms with Crippen LogP contribution >= 0.6 is 15.9 Å². The number of aromatic nitrogens is 2. The Morgan fingerprint density at radius 3 is 2.06 bits per heavy atom. The number of benzene rings is 3. The van der Waals surface area contributed by atoms with Crippen LogP contribution in [-0.4, -0.2) is 23.8 Å². The third kappa shape index (κ3) is 3.95. The quantitative estimate of drug-likeness (QED) is 0.309. The minimum atomic E-state index is 0.375. The van der Waals surface area contributed by atoms with E-state index in [9.17, 15) is 0 Å². The molecule has 0 spiro atoms. The summed E-state index contributed by atoms with van der Waals surface area (Å²) in [5.41, 5.74) is 4.79. The highest BCUT2D eigenvalue weighted by molar-refractivity contribution is 9.10. The van der Waals surface area contributed by atoms with Gasteiger partial charge in [-0.25, -0.2) is 4.98 Å². The number of halogens is 1. The molecule has 0 unspecified atom stereocenters. The average Bonchev–Trinajstić information content (AvgIpc) is 3.19. The van der Waals surface area contributed by atoms with E-state index < -0.39 is 0 Å². The van der Waals surface area contributed by atoms with Gasteiger partial charge in [-0.2, -0.15) is 0 Å². The van der Waals surface area contributed by atoms with Crippen LogP contribution in [0.5, 0.6) is 11.5 Å². The predicted octanol–water partition coefficient (Wildman–Crippen LogP) is 6.30. The highest BCUT2D eigenvalue weighted by atomic mass is 79.9. The molecule has 0 aliphatic carbocycles. The number of nitrogens with zero attached hydrogens (tertiary/aromatic N) is 2. The van der Waals surface area contributed by atoms with E-state index in [0.29, 0.717) is 18.0 Å². The van der Waals surface area contributed by atoms with Gasteiger partial charge in [0.1, 0.15) is 5.82 Å². The van der Waals surface area contributed by atoms with Crippen LogP contribution in [0.2, 0.25) is 0 Å². The number of methoxy groups -OCH3 is 2. The predicted molar refractivity (Wildman–Crippen MR) is 128 cm³/mol. The molecule has 0 aliphatic rings. The van der Waals surface area contributed by atoms with Crippen LogP contribution in [0.4, 0.5) is 0 Å². The third-order valence-corrected chi connectivity index (χ3v) is 5.68. The van der Waals surface area contributed by atoms with Crippen molar-refractivity contribution in [1.82, 2.24) is 9.55 Å². The van der Waals surface area contributed by atoms with Gasteiger partial charge in [0.15, 0.2) is 11.5 Å². The molecular weight excluding hydrogens is 452 g/mol. The molecule has 4 rings (SSSR count). The normalized spacial score (nSPS) is 10.5. The fourth-order valence-corrected chi connectivity index (χ4v) is 4.11. The number of ether oxygens (including phenoxy) is 2. The van der Waals surface area contributed by atoms with Crippen LogP contribution in [-0.2, 0) is 6.54 Å². The Bertz CT molecular complexity index is 1240. The first kappa shape index (κ1) is 20.8. The summed E-state index contributed by atoms with van der Waals surface area (Å²) in [5, 5.41) is 0. The number of terminal acetylenes is 1. The van der Waals surface area contributed by atoms with Crippen molar-refractivity contribution in [3.63, 3.8) is 0 Å². The molecule has 3 aromatic carbocycles. The third-order valence-electron chi connectivity index (χ3n) is 5.03. The summed E-state index contributed by atoms with van der Waals surface area (Å²) in [6, 6.07) is 24.1. The lowest BCUT2D eigenvalue weighted by atomic mass is 10.0. The zero-order valence-electron chi connectivity index (χ0n) is 17.3. The van der Waals surface area contributed by atoms with Gasteiger partial charge in [0.25, 0.3) is 0 Å². The van der Waals surface area contributed by atoms with E-state index in [-0.39, 0.29) is 0 Å². The van der Waals surface area contributed by atoms with Crippen LogP contribution in [0.3, 0.4) is 0 Å². The van der Waals surface area contributed by atoms with Gasteiger partial charge in [-0.15, -0.1) is 6.42 Å². The monoisotopic (exact) mass is 472 g/mol. The fraction of sp³-hybridized carbons (Fsp3) is 0.115. The maximum atomic E-state index is 5.79. The summed E-state index contributed by atoms with van der Waals surface area (Å²) in [4.78, 5) is 5.08. The summed E-state index contributed by atoms with van der Waals surface area (Å²) in [7, 11) is 3.23. The molecule has 4 aromatic rings. The Labute approximate surface area is 190 Å². The van der Waals surface area contributed by atoms with Gasteiger partial charge in [-0.3, -0.25) is 0 Å². The molecule has 0 aliphatic heterocycles. The van der Waals surface area contributed by atoms with E-state index in [2.05, 4.69) is 50.7 Å². The Balaban J connectivity index is 2.05. The van der Waals surface area contributed by atoms with Gasteiger partial charge in [-0.1, -0.05) is 66.6 Å². The molecule has 0 saturated carbocycles. The van der Waals surface area contributed by atoms with E-state index in [1.807, 2.05) is 48.5 Å². The van der Waals surface area contributed by atoms with Gasteiger partial charge in [0, 0.05) is 21.2 Å². The van der Waals surface area contributed by atoms with Crippen molar-refractivity contribution < 1.29 is 9.47 Å². The standard InChI is InChI=1S/C26H21BrN2O2/c1-4-15-29-25(19-13-9-6-10-14-19)24(18-11-7-5-8-12-18)28-26(29)20-16-22(30-2)23(31-3)17-21(20)27/h1,5-14,16-17H,15H2,2-3H3. The Kier molecular flexibility index (Phi) is 6.11. The molecule has 0 atom stereocenters. The molecular formula is C26H21BrN2O2. The summed E-state index contributed by atoms with van der Waals surface area (Å²) in [6.07, 6.45) is 5.79. The second kappa shape index (κ2) is 9.11. The van der Waals surface area contributed by atoms with Crippen molar-refractivity contribution in [2.24, 2.45) is 0 Å². The zero-order valence-corrected chi connectivity index (χ0v) is 18.9. The second-order valence-electron chi connectivity index (χ2n) is 6.84. The molecule has 0 bridgehead atoms. The van der Waals surface area contributed by atoms with Crippen LogP contribution in [0.15, 0.2) is 77.3 Å². The van der Waals surface area contributed by atoms with Crippen molar-refractivity contribution in [3.8, 4) is 57.7 Å². The van der Waals surface area contributed by atoms with Crippen LogP contribution in [0.25, 0.3) is 33.9 Å². The van der Waals surface area contributed by atoms with Crippen molar-refractivity contribution in [2.75, 3.05) is 14.2 Å². The molecule has 5 heteroatoms. The maximum absolute atomic E-state index is 5.79. The molecule has 1 heterocycles. The molecule has 0 radical (unpaired) electrons. The molecule has 1 aromatic heterocycles. The van der Waals surface area contributed by atoms with Crippen LogP contribution < -0.4 is 9.47 Å². The van der Waals surface area contributed by atoms with Gasteiger partial charge < -0.3 is 14.0 Å². The van der Waals surface area contributed by atoms with E-state index in [1.165, 1.54) is 0 Å². The topological polar surface area (TPSA) is 36.3 Å². The number of hydrogen-bond donors (Lipinski definition) is 0. The van der Waals surface area contributed by atoms with Crippen molar-refractivity contribution in [3.05, 3.63) is 77.3 Å². The number of rotatable bonds is 6. The highest BCUT2D eigenvalue weighted by Crippen LogP contribution is 2.42. The number of hydrogen-bond acceptors (Lipinski definition) is 3. The van der Waals surface area contributed by atoms with E-state index >= 15 is 0 Å². The first-order valence-corrected chi connectivity index (χ1v) is 10.5. The summed E-state index contributed by atoms with van der Waals surface area (Å²) >= 11 is 3.68. The minimum Gasteiger partial charge on any atom is -0.493 e. The molecule has 0 N–H and O–H groups in total. The maximum Gasteiger partial charge on any atom is 0.161 e. The molecule has 0 saturated heterocycles. The molecule has 4 nitrogen and oxygen atoms in total. The van der Waals surface area contributed by atoms with E-state index in [4.69, 9.17) is 20.9 Å². The highest BCUT2D eigenvalue weighted by Gasteiger charge is 2.23. The SMILES string of the molecule is C#CCn1c(-c2cc(OC)c(OC)cc2Br)nc(-c2ccccc2)c1-c1ccccc1. The molecule has 0 fully saturated rings. The van der Waals surface area contributed by atoms with Gasteiger partial charge in [0.2, 0.25) is 0 Å². The smallest absolute Gasteiger partial charge is 0.161 e. The van der Waals surface area contributed by atoms with Crippen molar-refractivity contribution in [2.45, 2.75) is 6.54 Å². The Morgan fingerprint density at radius 2 is 1.48 bits per heavy atom. The Morgan fingerprint density at radius 1 is 0.903 bits per heavy atom. The molecule has 31 heavy (non-hydrogen) atoms. The summed E-state index contributed by atoms with van der Waals surface area (Å²) < 4.78 is 13.9. The van der Waals surface area contributed by atoms with Gasteiger partial charge in [0.05, 0.1) is 32.2 Å². The van der Waals surface area contributed by atoms with E-state index in [1.54, 1.807) is 14.2 Å². The molecule has 0 amide bonds. The number of imidazole rings is 1. The first-order valence-electron chi connectivity index (χ1n) is 9.74. The van der Waals surface area contributed by atoms with Crippen LogP contribution in [0, 0.1) is 12.3 Å². The van der Waals surface area contributed by atoms with E-state index in [0.717, 1.165) is 38.4 Å². The van der Waals surface area contributed by atoms with Crippen molar-refractivity contribution in [1.29, 1.82) is 0 Å². The lowest BCUT2D eigenvalue weighted by Gasteiger charge is -2.14.